The third-order valence-electron chi connectivity index (χ3n) is 6.03. The van der Waals surface area contributed by atoms with Crippen molar-refractivity contribution in [3.8, 4) is 0 Å². The number of carbonyl (C=O) groups is 3. The quantitative estimate of drug-likeness (QED) is 0.746. The molecule has 7 nitrogen and oxygen atoms in total. The average Bonchev–Trinajstić information content (AvgIpc) is 3.45. The number of rotatable bonds is 4. The highest BCUT2D eigenvalue weighted by Crippen LogP contribution is 2.34. The van der Waals surface area contributed by atoms with Gasteiger partial charge >= 0.3 is 12.1 Å². The highest BCUT2D eigenvalue weighted by molar-refractivity contribution is 7.12. The number of fused-ring (bicyclic) bond motifs is 1. The minimum Gasteiger partial charge on any atom is -0.475 e. The van der Waals surface area contributed by atoms with Crippen molar-refractivity contribution in [1.82, 2.24) is 14.7 Å². The monoisotopic (exact) mass is 461 g/mol. The summed E-state index contributed by atoms with van der Waals surface area (Å²) in [6.45, 7) is 6.89. The molecule has 3 fully saturated rings. The lowest BCUT2D eigenvalue weighted by Crippen LogP contribution is -2.42. The second kappa shape index (κ2) is 9.56. The number of nitrogens with zero attached hydrogens (tertiary/aromatic N) is 3. The molecule has 2 atom stereocenters. The molecule has 3 aliphatic heterocycles. The first-order chi connectivity index (χ1) is 14.6. The molecule has 4 heterocycles. The van der Waals surface area contributed by atoms with Gasteiger partial charge in [-0.3, -0.25) is 9.59 Å². The van der Waals surface area contributed by atoms with Gasteiger partial charge in [-0.1, -0.05) is 0 Å². The zero-order valence-corrected chi connectivity index (χ0v) is 18.0. The number of thiophene rings is 1. The first-order valence-electron chi connectivity index (χ1n) is 10.3. The number of aliphatic carboxylic acids is 1. The van der Waals surface area contributed by atoms with E-state index in [4.69, 9.17) is 9.90 Å². The molecule has 0 aliphatic carbocycles. The number of hydrogen-bond acceptors (Lipinski definition) is 5. The molecule has 11 heteroatoms. The van der Waals surface area contributed by atoms with E-state index >= 15 is 0 Å². The molecule has 172 valence electrons. The van der Waals surface area contributed by atoms with E-state index in [2.05, 4.69) is 9.80 Å². The topological polar surface area (TPSA) is 81.2 Å². The normalized spacial score (nSPS) is 23.7. The Labute approximate surface area is 182 Å². The predicted octanol–water partition coefficient (Wildman–Crippen LogP) is 2.60. The van der Waals surface area contributed by atoms with Gasteiger partial charge in [-0.15, -0.1) is 11.3 Å². The Balaban J connectivity index is 0.000000339. The van der Waals surface area contributed by atoms with Crippen LogP contribution >= 0.6 is 11.3 Å². The minimum absolute atomic E-state index is 0.0741. The van der Waals surface area contributed by atoms with Gasteiger partial charge in [0.25, 0.3) is 5.91 Å². The Hall–Kier alpha value is -2.14. The molecule has 0 saturated carbocycles. The van der Waals surface area contributed by atoms with Gasteiger partial charge in [-0.25, -0.2) is 4.79 Å². The standard InChI is InChI=1S/C18H25N3O2S.C2HF3O2/c1-13-5-11-24-17(13)18(23)21-8-4-14-15(21)12-16(22)20(14)10-9-19-6-2-3-7-19;3-2(4,5)1(6)7/h5,11,14-15H,2-4,6-10,12H2,1H3;(H,6,7)/t14-,15+;/m1./s1. The largest absolute Gasteiger partial charge is 0.490 e. The number of carboxylic acid groups (broad SMARTS) is 1. The lowest BCUT2D eigenvalue weighted by molar-refractivity contribution is -0.192. The smallest absolute Gasteiger partial charge is 0.475 e. The Morgan fingerprint density at radius 2 is 1.81 bits per heavy atom. The predicted molar refractivity (Wildman–Crippen MR) is 108 cm³/mol. The number of halogens is 3. The van der Waals surface area contributed by atoms with Crippen LogP contribution in [0.2, 0.25) is 0 Å². The number of likely N-dealkylation sites (tertiary alicyclic amines) is 3. The van der Waals surface area contributed by atoms with E-state index in [-0.39, 0.29) is 23.9 Å². The van der Waals surface area contributed by atoms with E-state index < -0.39 is 12.1 Å². The summed E-state index contributed by atoms with van der Waals surface area (Å²) in [5.74, 6) is -2.42. The molecule has 0 unspecified atom stereocenters. The van der Waals surface area contributed by atoms with Crippen molar-refractivity contribution in [3.63, 3.8) is 0 Å². The van der Waals surface area contributed by atoms with Crippen LogP contribution in [-0.2, 0) is 9.59 Å². The molecule has 0 radical (unpaired) electrons. The summed E-state index contributed by atoms with van der Waals surface area (Å²) < 4.78 is 31.7. The summed E-state index contributed by atoms with van der Waals surface area (Å²) in [7, 11) is 0. The van der Waals surface area contributed by atoms with Gasteiger partial charge in [0, 0.05) is 26.1 Å². The van der Waals surface area contributed by atoms with Gasteiger partial charge in [0.05, 0.1) is 17.0 Å². The Morgan fingerprint density at radius 3 is 2.35 bits per heavy atom. The molecule has 1 N–H and O–H groups in total. The van der Waals surface area contributed by atoms with Crippen LogP contribution < -0.4 is 0 Å². The molecule has 3 aliphatic rings. The summed E-state index contributed by atoms with van der Waals surface area (Å²) in [6.07, 6.45) is -1.10. The van der Waals surface area contributed by atoms with Crippen molar-refractivity contribution in [2.24, 2.45) is 0 Å². The second-order valence-electron chi connectivity index (χ2n) is 8.00. The number of hydrogen-bond donors (Lipinski definition) is 1. The van der Waals surface area contributed by atoms with Crippen molar-refractivity contribution in [1.29, 1.82) is 0 Å². The minimum atomic E-state index is -5.08. The molecule has 0 bridgehead atoms. The van der Waals surface area contributed by atoms with Gasteiger partial charge in [0.15, 0.2) is 0 Å². The Bertz CT molecular complexity index is 823. The van der Waals surface area contributed by atoms with E-state index in [1.54, 1.807) is 0 Å². The molecule has 3 saturated heterocycles. The summed E-state index contributed by atoms with van der Waals surface area (Å²) in [6, 6.07) is 2.29. The van der Waals surface area contributed by atoms with E-state index in [0.717, 1.165) is 36.5 Å². The van der Waals surface area contributed by atoms with Crippen LogP contribution in [-0.4, -0.2) is 88.6 Å². The van der Waals surface area contributed by atoms with E-state index in [1.165, 1.54) is 37.3 Å². The van der Waals surface area contributed by atoms with Crippen LogP contribution in [0.25, 0.3) is 0 Å². The molecule has 0 spiro atoms. The summed E-state index contributed by atoms with van der Waals surface area (Å²) >= 11 is 1.51. The van der Waals surface area contributed by atoms with Crippen LogP contribution in [0.1, 0.15) is 40.9 Å². The number of carboxylic acids is 1. The number of aryl methyl sites for hydroxylation is 1. The molecule has 1 aromatic heterocycles. The van der Waals surface area contributed by atoms with Crippen LogP contribution in [0.3, 0.4) is 0 Å². The maximum atomic E-state index is 12.9. The lowest BCUT2D eigenvalue weighted by Gasteiger charge is -2.27. The number of amides is 2. The fourth-order valence-electron chi connectivity index (χ4n) is 4.45. The van der Waals surface area contributed by atoms with Gasteiger partial charge in [0.2, 0.25) is 5.91 Å². The van der Waals surface area contributed by atoms with E-state index in [1.807, 2.05) is 23.3 Å². The van der Waals surface area contributed by atoms with Crippen LogP contribution in [0, 0.1) is 6.92 Å². The summed E-state index contributed by atoms with van der Waals surface area (Å²) in [4.78, 5) is 41.5. The van der Waals surface area contributed by atoms with Crippen LogP contribution in [0.15, 0.2) is 11.4 Å². The van der Waals surface area contributed by atoms with Crippen molar-refractivity contribution in [2.75, 3.05) is 32.7 Å². The highest BCUT2D eigenvalue weighted by Gasteiger charge is 2.48. The van der Waals surface area contributed by atoms with Gasteiger partial charge in [-0.05, 0) is 56.3 Å². The van der Waals surface area contributed by atoms with Crippen molar-refractivity contribution >= 4 is 29.1 Å². The second-order valence-corrected chi connectivity index (χ2v) is 8.91. The number of carbonyl (C=O) groups excluding carboxylic acids is 2. The van der Waals surface area contributed by atoms with Crippen molar-refractivity contribution in [3.05, 3.63) is 21.9 Å². The molecule has 0 aromatic carbocycles. The maximum absolute atomic E-state index is 12.9. The molecular formula is C20H26F3N3O4S. The zero-order chi connectivity index (χ0) is 22.8. The molecule has 1 aromatic rings. The SMILES string of the molecule is Cc1ccsc1C(=O)N1CC[C@@H]2[C@@H]1CC(=O)N2CCN1CCCC1.O=C(O)C(F)(F)F. The highest BCUT2D eigenvalue weighted by atomic mass is 32.1. The first kappa shape index (κ1) is 23.5. The van der Waals surface area contributed by atoms with Crippen LogP contribution in [0.4, 0.5) is 13.2 Å². The van der Waals surface area contributed by atoms with Gasteiger partial charge < -0.3 is 19.8 Å². The van der Waals surface area contributed by atoms with Crippen LogP contribution in [0.5, 0.6) is 0 Å². The Morgan fingerprint density at radius 1 is 1.16 bits per heavy atom. The molecule has 4 rings (SSSR count). The van der Waals surface area contributed by atoms with Crippen molar-refractivity contribution < 1.29 is 32.7 Å². The first-order valence-corrected chi connectivity index (χ1v) is 11.1. The zero-order valence-electron chi connectivity index (χ0n) is 17.2. The maximum Gasteiger partial charge on any atom is 0.490 e. The fourth-order valence-corrected chi connectivity index (χ4v) is 5.33. The molecular weight excluding hydrogens is 435 g/mol. The molecule has 2 amide bonds. The Kier molecular flexibility index (Phi) is 7.25. The molecule has 31 heavy (non-hydrogen) atoms. The fraction of sp³-hybridized carbons (Fsp3) is 0.650. The van der Waals surface area contributed by atoms with Crippen molar-refractivity contribution in [2.45, 2.75) is 50.9 Å². The summed E-state index contributed by atoms with van der Waals surface area (Å²) in [5, 5.41) is 9.10. The number of alkyl halides is 3. The third kappa shape index (κ3) is 5.38. The van der Waals surface area contributed by atoms with E-state index in [9.17, 15) is 22.8 Å². The van der Waals surface area contributed by atoms with Gasteiger partial charge in [-0.2, -0.15) is 13.2 Å². The van der Waals surface area contributed by atoms with E-state index in [0.29, 0.717) is 6.42 Å². The summed E-state index contributed by atoms with van der Waals surface area (Å²) in [5.41, 5.74) is 1.05. The van der Waals surface area contributed by atoms with Gasteiger partial charge in [0.1, 0.15) is 0 Å². The lowest BCUT2D eigenvalue weighted by atomic mass is 10.1. The third-order valence-corrected chi connectivity index (χ3v) is 7.03. The average molecular weight is 462 g/mol.